The summed E-state index contributed by atoms with van der Waals surface area (Å²) >= 11 is 1.19. The minimum absolute atomic E-state index is 0.324. The molecule has 0 aliphatic heterocycles. The van der Waals surface area contributed by atoms with Crippen molar-refractivity contribution in [2.75, 3.05) is 7.11 Å². The van der Waals surface area contributed by atoms with Crippen molar-refractivity contribution in [3.63, 3.8) is 0 Å². The number of methoxy groups -OCH3 is 1. The van der Waals surface area contributed by atoms with Crippen molar-refractivity contribution in [3.8, 4) is 6.07 Å². The number of amides is 1. The number of esters is 1. The highest BCUT2D eigenvalue weighted by Gasteiger charge is 2.29. The monoisotopic (exact) mass is 328 g/mol. The average Bonchev–Trinajstić information content (AvgIpc) is 3.07. The van der Waals surface area contributed by atoms with Crippen LogP contribution in [0, 0.1) is 17.2 Å². The van der Waals surface area contributed by atoms with Crippen LogP contribution in [-0.2, 0) is 9.53 Å². The van der Waals surface area contributed by atoms with E-state index in [1.165, 1.54) is 18.4 Å². The largest absolute Gasteiger partial charge is 0.469 e. The molecule has 1 aromatic heterocycles. The molecule has 1 amide bonds. The van der Waals surface area contributed by atoms with Gasteiger partial charge in [-0.3, -0.25) is 9.59 Å². The molecule has 118 valence electrons. The standard InChI is InChI=1S/C17H16N2O3S/c1-11(17(21)22-2)14(12-6-4-3-5-7-12)19-16(20)15-13(10-18)8-9-23-15/h3-9,11,14H,1-2H3,(H,19,20)/t11-,14-/m0/s1. The van der Waals surface area contributed by atoms with E-state index in [1.54, 1.807) is 18.4 Å². The lowest BCUT2D eigenvalue weighted by Gasteiger charge is -2.23. The Kier molecular flexibility index (Phi) is 5.50. The van der Waals surface area contributed by atoms with Crippen LogP contribution in [0.1, 0.15) is 33.8 Å². The van der Waals surface area contributed by atoms with Crippen molar-refractivity contribution >= 4 is 23.2 Å². The van der Waals surface area contributed by atoms with Gasteiger partial charge in [-0.1, -0.05) is 30.3 Å². The lowest BCUT2D eigenvalue weighted by molar-refractivity contribution is -0.145. The van der Waals surface area contributed by atoms with Gasteiger partial charge in [-0.2, -0.15) is 5.26 Å². The molecule has 0 unspecified atom stereocenters. The Hall–Kier alpha value is -2.65. The highest BCUT2D eigenvalue weighted by Crippen LogP contribution is 2.25. The molecular formula is C17H16N2O3S. The molecule has 0 radical (unpaired) electrons. The van der Waals surface area contributed by atoms with E-state index in [0.29, 0.717) is 10.4 Å². The lowest BCUT2D eigenvalue weighted by atomic mass is 9.94. The number of rotatable bonds is 5. The number of nitriles is 1. The van der Waals surface area contributed by atoms with Crippen LogP contribution in [0.15, 0.2) is 41.8 Å². The third-order valence-corrected chi connectivity index (χ3v) is 4.42. The molecule has 2 rings (SSSR count). The van der Waals surface area contributed by atoms with Crippen LogP contribution < -0.4 is 5.32 Å². The van der Waals surface area contributed by atoms with Gasteiger partial charge in [0.05, 0.1) is 24.6 Å². The van der Waals surface area contributed by atoms with Crippen molar-refractivity contribution in [1.29, 1.82) is 5.26 Å². The number of thiophene rings is 1. The first-order valence-electron chi connectivity index (χ1n) is 6.99. The fourth-order valence-corrected chi connectivity index (χ4v) is 3.01. The van der Waals surface area contributed by atoms with Gasteiger partial charge in [0.25, 0.3) is 5.91 Å². The number of ether oxygens (including phenoxy) is 1. The quantitative estimate of drug-likeness (QED) is 0.856. The average molecular weight is 328 g/mol. The molecule has 1 heterocycles. The summed E-state index contributed by atoms with van der Waals surface area (Å²) < 4.78 is 4.79. The zero-order valence-corrected chi connectivity index (χ0v) is 13.6. The third-order valence-electron chi connectivity index (χ3n) is 3.51. The Balaban J connectivity index is 2.30. The summed E-state index contributed by atoms with van der Waals surface area (Å²) in [7, 11) is 1.32. The van der Waals surface area contributed by atoms with Crippen molar-refractivity contribution < 1.29 is 14.3 Å². The molecule has 2 atom stereocenters. The van der Waals surface area contributed by atoms with Gasteiger partial charge in [0.1, 0.15) is 10.9 Å². The lowest BCUT2D eigenvalue weighted by Crippen LogP contribution is -2.36. The van der Waals surface area contributed by atoms with Crippen molar-refractivity contribution in [1.82, 2.24) is 5.32 Å². The Morgan fingerprint density at radius 1 is 1.26 bits per heavy atom. The summed E-state index contributed by atoms with van der Waals surface area (Å²) in [6.07, 6.45) is 0. The molecule has 0 saturated carbocycles. The van der Waals surface area contributed by atoms with Crippen LogP contribution in [0.5, 0.6) is 0 Å². The Morgan fingerprint density at radius 3 is 2.57 bits per heavy atom. The minimum atomic E-state index is -0.558. The summed E-state index contributed by atoms with van der Waals surface area (Å²) in [6.45, 7) is 1.70. The summed E-state index contributed by atoms with van der Waals surface area (Å²) in [5, 5.41) is 13.6. The van der Waals surface area contributed by atoms with Crippen LogP contribution in [0.25, 0.3) is 0 Å². The first kappa shape index (κ1) is 16.7. The highest BCUT2D eigenvalue weighted by atomic mass is 32.1. The van der Waals surface area contributed by atoms with Gasteiger partial charge < -0.3 is 10.1 Å². The second-order valence-electron chi connectivity index (χ2n) is 4.95. The van der Waals surface area contributed by atoms with E-state index in [-0.39, 0.29) is 5.91 Å². The normalized spacial score (nSPS) is 12.7. The summed E-state index contributed by atoms with van der Waals surface area (Å²) in [5.41, 5.74) is 1.12. The molecule has 0 saturated heterocycles. The molecule has 23 heavy (non-hydrogen) atoms. The summed E-state index contributed by atoms with van der Waals surface area (Å²) in [4.78, 5) is 24.7. The number of nitrogens with one attached hydrogen (secondary N) is 1. The predicted molar refractivity (Wildman–Crippen MR) is 86.9 cm³/mol. The molecule has 1 N–H and O–H groups in total. The Morgan fingerprint density at radius 2 is 1.96 bits per heavy atom. The SMILES string of the molecule is COC(=O)[C@@H](C)[C@H](NC(=O)c1sccc1C#N)c1ccccc1. The van der Waals surface area contributed by atoms with Crippen LogP contribution in [0.4, 0.5) is 0 Å². The highest BCUT2D eigenvalue weighted by molar-refractivity contribution is 7.12. The van der Waals surface area contributed by atoms with E-state index in [1.807, 2.05) is 36.4 Å². The van der Waals surface area contributed by atoms with Gasteiger partial charge in [0.2, 0.25) is 0 Å². The van der Waals surface area contributed by atoms with E-state index >= 15 is 0 Å². The maximum Gasteiger partial charge on any atom is 0.310 e. The molecular weight excluding hydrogens is 312 g/mol. The fraction of sp³-hybridized carbons (Fsp3) is 0.235. The molecule has 0 fully saturated rings. The topological polar surface area (TPSA) is 79.2 Å². The third kappa shape index (κ3) is 3.76. The molecule has 0 spiro atoms. The summed E-state index contributed by atoms with van der Waals surface area (Å²) in [5.74, 6) is -1.34. The first-order chi connectivity index (χ1) is 11.1. The molecule has 0 bridgehead atoms. The van der Waals surface area contributed by atoms with Crippen LogP contribution in [0.3, 0.4) is 0 Å². The number of nitrogens with zero attached hydrogens (tertiary/aromatic N) is 1. The number of hydrogen-bond acceptors (Lipinski definition) is 5. The number of benzene rings is 1. The second kappa shape index (κ2) is 7.56. The zero-order chi connectivity index (χ0) is 16.8. The molecule has 0 aliphatic carbocycles. The number of carbonyl (C=O) groups excluding carboxylic acids is 2. The number of carbonyl (C=O) groups is 2. The van der Waals surface area contributed by atoms with Crippen LogP contribution in [-0.4, -0.2) is 19.0 Å². The van der Waals surface area contributed by atoms with Gasteiger partial charge in [0, 0.05) is 0 Å². The van der Waals surface area contributed by atoms with E-state index in [4.69, 9.17) is 10.00 Å². The molecule has 1 aromatic carbocycles. The smallest absolute Gasteiger partial charge is 0.310 e. The van der Waals surface area contributed by atoms with E-state index < -0.39 is 17.9 Å². The number of hydrogen-bond donors (Lipinski definition) is 1. The van der Waals surface area contributed by atoms with Crippen LogP contribution in [0.2, 0.25) is 0 Å². The maximum atomic E-state index is 12.5. The second-order valence-corrected chi connectivity index (χ2v) is 5.86. The van der Waals surface area contributed by atoms with E-state index in [9.17, 15) is 9.59 Å². The molecule has 0 aliphatic rings. The molecule has 2 aromatic rings. The Labute approximate surface area is 138 Å². The van der Waals surface area contributed by atoms with Gasteiger partial charge in [-0.15, -0.1) is 11.3 Å². The molecule has 5 nitrogen and oxygen atoms in total. The predicted octanol–water partition coefficient (Wildman–Crippen LogP) is 2.90. The zero-order valence-electron chi connectivity index (χ0n) is 12.8. The van der Waals surface area contributed by atoms with Gasteiger partial charge in [-0.05, 0) is 23.9 Å². The van der Waals surface area contributed by atoms with Gasteiger partial charge >= 0.3 is 5.97 Å². The van der Waals surface area contributed by atoms with E-state index in [2.05, 4.69) is 5.32 Å². The maximum absolute atomic E-state index is 12.5. The van der Waals surface area contributed by atoms with E-state index in [0.717, 1.165) is 5.56 Å². The first-order valence-corrected chi connectivity index (χ1v) is 7.87. The summed E-state index contributed by atoms with van der Waals surface area (Å²) in [6, 6.07) is 12.3. The van der Waals surface area contributed by atoms with Crippen molar-refractivity contribution in [3.05, 3.63) is 57.8 Å². The van der Waals surface area contributed by atoms with Crippen LogP contribution >= 0.6 is 11.3 Å². The van der Waals surface area contributed by atoms with Gasteiger partial charge in [0.15, 0.2) is 0 Å². The van der Waals surface area contributed by atoms with Gasteiger partial charge in [-0.25, -0.2) is 0 Å². The fourth-order valence-electron chi connectivity index (χ4n) is 2.26. The van der Waals surface area contributed by atoms with Crippen molar-refractivity contribution in [2.45, 2.75) is 13.0 Å². The van der Waals surface area contributed by atoms with Crippen molar-refractivity contribution in [2.24, 2.45) is 5.92 Å². The minimum Gasteiger partial charge on any atom is -0.469 e. The molecule has 6 heteroatoms. The Bertz CT molecular complexity index is 734.